The SMILES string of the molecule is Cc1cncc(CCC(N)=S)n1. The van der Waals surface area contributed by atoms with E-state index in [0.717, 1.165) is 17.8 Å². The van der Waals surface area contributed by atoms with Crippen LogP contribution in [0.15, 0.2) is 12.4 Å². The highest BCUT2D eigenvalue weighted by Crippen LogP contribution is 1.98. The summed E-state index contributed by atoms with van der Waals surface area (Å²) in [4.78, 5) is 8.81. The summed E-state index contributed by atoms with van der Waals surface area (Å²) in [6, 6.07) is 0. The van der Waals surface area contributed by atoms with Gasteiger partial charge in [-0.3, -0.25) is 9.97 Å². The van der Waals surface area contributed by atoms with E-state index in [-0.39, 0.29) is 0 Å². The predicted molar refractivity (Wildman–Crippen MR) is 51.9 cm³/mol. The van der Waals surface area contributed by atoms with Gasteiger partial charge in [0.25, 0.3) is 0 Å². The van der Waals surface area contributed by atoms with Gasteiger partial charge in [-0.2, -0.15) is 0 Å². The van der Waals surface area contributed by atoms with Crippen molar-refractivity contribution in [3.8, 4) is 0 Å². The van der Waals surface area contributed by atoms with Gasteiger partial charge in [0.15, 0.2) is 0 Å². The Hall–Kier alpha value is -1.03. The summed E-state index contributed by atoms with van der Waals surface area (Å²) < 4.78 is 0. The van der Waals surface area contributed by atoms with Crippen molar-refractivity contribution in [2.45, 2.75) is 19.8 Å². The Morgan fingerprint density at radius 3 is 2.92 bits per heavy atom. The normalized spacial score (nSPS) is 9.75. The molecule has 0 amide bonds. The zero-order chi connectivity index (χ0) is 8.97. The molecule has 0 aliphatic rings. The zero-order valence-corrected chi connectivity index (χ0v) is 7.77. The number of rotatable bonds is 3. The van der Waals surface area contributed by atoms with Gasteiger partial charge >= 0.3 is 0 Å². The van der Waals surface area contributed by atoms with E-state index in [2.05, 4.69) is 9.97 Å². The smallest absolute Gasteiger partial charge is 0.0731 e. The van der Waals surface area contributed by atoms with Crippen molar-refractivity contribution in [2.24, 2.45) is 5.73 Å². The van der Waals surface area contributed by atoms with Crippen LogP contribution in [-0.4, -0.2) is 15.0 Å². The number of hydrogen-bond acceptors (Lipinski definition) is 3. The summed E-state index contributed by atoms with van der Waals surface area (Å²) >= 11 is 4.76. The van der Waals surface area contributed by atoms with Crippen LogP contribution in [0.2, 0.25) is 0 Å². The van der Waals surface area contributed by atoms with Crippen molar-refractivity contribution in [1.82, 2.24) is 9.97 Å². The van der Waals surface area contributed by atoms with Gasteiger partial charge in [-0.15, -0.1) is 0 Å². The fraction of sp³-hybridized carbons (Fsp3) is 0.375. The maximum Gasteiger partial charge on any atom is 0.0731 e. The Morgan fingerprint density at radius 1 is 1.58 bits per heavy atom. The highest BCUT2D eigenvalue weighted by molar-refractivity contribution is 7.80. The second-order valence-corrected chi connectivity index (χ2v) is 3.14. The Morgan fingerprint density at radius 2 is 2.33 bits per heavy atom. The zero-order valence-electron chi connectivity index (χ0n) is 6.95. The van der Waals surface area contributed by atoms with Crippen molar-refractivity contribution >= 4 is 17.2 Å². The molecule has 0 aromatic carbocycles. The molecule has 2 N–H and O–H groups in total. The van der Waals surface area contributed by atoms with Crippen LogP contribution in [0.4, 0.5) is 0 Å². The van der Waals surface area contributed by atoms with Gasteiger partial charge in [0.1, 0.15) is 0 Å². The van der Waals surface area contributed by atoms with Gasteiger partial charge in [-0.1, -0.05) is 12.2 Å². The maximum atomic E-state index is 5.36. The molecule has 3 nitrogen and oxygen atoms in total. The minimum Gasteiger partial charge on any atom is -0.393 e. The molecule has 1 rings (SSSR count). The summed E-state index contributed by atoms with van der Waals surface area (Å²) in [5.74, 6) is 0. The molecule has 12 heavy (non-hydrogen) atoms. The molecule has 1 aromatic heterocycles. The summed E-state index contributed by atoms with van der Waals surface area (Å²) in [6.45, 7) is 1.91. The van der Waals surface area contributed by atoms with Crippen LogP contribution in [0.25, 0.3) is 0 Å². The largest absolute Gasteiger partial charge is 0.393 e. The first-order valence-electron chi connectivity index (χ1n) is 3.74. The highest BCUT2D eigenvalue weighted by Gasteiger charge is 1.96. The van der Waals surface area contributed by atoms with Gasteiger partial charge < -0.3 is 5.73 Å². The summed E-state index contributed by atoms with van der Waals surface area (Å²) in [6.07, 6.45) is 4.95. The van der Waals surface area contributed by atoms with Gasteiger partial charge in [0, 0.05) is 18.8 Å². The van der Waals surface area contributed by atoms with Gasteiger partial charge in [-0.25, -0.2) is 0 Å². The Bertz CT molecular complexity index is 285. The summed E-state index contributed by atoms with van der Waals surface area (Å²) in [7, 11) is 0. The van der Waals surface area contributed by atoms with Crippen LogP contribution in [0.1, 0.15) is 17.8 Å². The predicted octanol–water partition coefficient (Wildman–Crippen LogP) is 1.00. The van der Waals surface area contributed by atoms with Gasteiger partial charge in [-0.05, 0) is 13.3 Å². The first-order chi connectivity index (χ1) is 5.68. The van der Waals surface area contributed by atoms with E-state index in [0.29, 0.717) is 11.4 Å². The van der Waals surface area contributed by atoms with Crippen molar-refractivity contribution in [2.75, 3.05) is 0 Å². The third-order valence-electron chi connectivity index (χ3n) is 1.43. The fourth-order valence-electron chi connectivity index (χ4n) is 0.887. The molecule has 0 atom stereocenters. The van der Waals surface area contributed by atoms with E-state index in [1.165, 1.54) is 0 Å². The topological polar surface area (TPSA) is 51.8 Å². The quantitative estimate of drug-likeness (QED) is 0.707. The molecule has 1 aromatic rings. The second kappa shape index (κ2) is 4.11. The molecule has 0 saturated heterocycles. The molecular weight excluding hydrogens is 170 g/mol. The van der Waals surface area contributed by atoms with Crippen LogP contribution in [0.5, 0.6) is 0 Å². The average molecular weight is 181 g/mol. The molecule has 1 heterocycles. The van der Waals surface area contributed by atoms with Crippen LogP contribution in [0, 0.1) is 6.92 Å². The van der Waals surface area contributed by atoms with Crippen LogP contribution in [-0.2, 0) is 6.42 Å². The molecule has 0 bridgehead atoms. The van der Waals surface area contributed by atoms with E-state index >= 15 is 0 Å². The first kappa shape index (κ1) is 9.06. The minimum atomic E-state index is 0.526. The number of thiocarbonyl (C=S) groups is 1. The van der Waals surface area contributed by atoms with E-state index in [1.54, 1.807) is 12.4 Å². The van der Waals surface area contributed by atoms with E-state index < -0.39 is 0 Å². The molecule has 64 valence electrons. The monoisotopic (exact) mass is 181 g/mol. The molecule has 0 aliphatic heterocycles. The number of nitrogens with two attached hydrogens (primary N) is 1. The second-order valence-electron chi connectivity index (χ2n) is 2.62. The Balaban J connectivity index is 2.57. The molecular formula is C8H11N3S. The molecule has 0 spiro atoms. The number of aryl methyl sites for hydroxylation is 2. The number of nitrogens with zero attached hydrogens (tertiary/aromatic N) is 2. The highest BCUT2D eigenvalue weighted by atomic mass is 32.1. The maximum absolute atomic E-state index is 5.36. The lowest BCUT2D eigenvalue weighted by atomic mass is 10.2. The minimum absolute atomic E-state index is 0.526. The average Bonchev–Trinajstić information content (AvgIpc) is 2.01. The van der Waals surface area contributed by atoms with Gasteiger partial charge in [0.05, 0.1) is 16.4 Å². The summed E-state index contributed by atoms with van der Waals surface area (Å²) in [5.41, 5.74) is 7.23. The van der Waals surface area contributed by atoms with Crippen molar-refractivity contribution in [3.05, 3.63) is 23.8 Å². The van der Waals surface area contributed by atoms with E-state index in [1.807, 2.05) is 6.92 Å². The summed E-state index contributed by atoms with van der Waals surface area (Å²) in [5, 5.41) is 0. The molecule has 0 unspecified atom stereocenters. The third kappa shape index (κ3) is 2.92. The van der Waals surface area contributed by atoms with E-state index in [4.69, 9.17) is 18.0 Å². The number of aromatic nitrogens is 2. The lowest BCUT2D eigenvalue weighted by Gasteiger charge is -1.99. The molecule has 4 heteroatoms. The van der Waals surface area contributed by atoms with E-state index in [9.17, 15) is 0 Å². The van der Waals surface area contributed by atoms with Crippen molar-refractivity contribution in [3.63, 3.8) is 0 Å². The van der Waals surface area contributed by atoms with Crippen molar-refractivity contribution in [1.29, 1.82) is 0 Å². The Labute approximate surface area is 77.0 Å². The molecule has 0 fully saturated rings. The molecule has 0 saturated carbocycles. The number of hydrogen-bond donors (Lipinski definition) is 1. The Kier molecular flexibility index (Phi) is 3.10. The van der Waals surface area contributed by atoms with Crippen LogP contribution >= 0.6 is 12.2 Å². The van der Waals surface area contributed by atoms with Crippen molar-refractivity contribution < 1.29 is 0 Å². The fourth-order valence-corrected chi connectivity index (χ4v) is 0.989. The molecule has 0 aliphatic carbocycles. The van der Waals surface area contributed by atoms with Gasteiger partial charge in [0.2, 0.25) is 0 Å². The van der Waals surface area contributed by atoms with Crippen LogP contribution in [0.3, 0.4) is 0 Å². The van der Waals surface area contributed by atoms with Crippen LogP contribution < -0.4 is 5.73 Å². The third-order valence-corrected chi connectivity index (χ3v) is 1.64. The lowest BCUT2D eigenvalue weighted by Crippen LogP contribution is -2.09. The first-order valence-corrected chi connectivity index (χ1v) is 4.15. The lowest BCUT2D eigenvalue weighted by molar-refractivity contribution is 0.929. The molecule has 0 radical (unpaired) electrons. The standard InChI is InChI=1S/C8H11N3S/c1-6-4-10-5-7(11-6)2-3-8(9)12/h4-5H,2-3H2,1H3,(H2,9,12).